The molecule has 2 aromatic heterocycles. The highest BCUT2D eigenvalue weighted by Gasteiger charge is 2.08. The first kappa shape index (κ1) is 10.6. The number of hydrogen-bond donors (Lipinski definition) is 2. The third kappa shape index (κ3) is 1.88. The third-order valence-corrected chi connectivity index (χ3v) is 2.55. The van der Waals surface area contributed by atoms with Crippen molar-refractivity contribution in [2.24, 2.45) is 0 Å². The Morgan fingerprint density at radius 1 is 1.39 bits per heavy atom. The molecule has 0 radical (unpaired) electrons. The predicted octanol–water partition coefficient (Wildman–Crippen LogP) is 2.32. The summed E-state index contributed by atoms with van der Waals surface area (Å²) in [4.78, 5) is 4.27. The van der Waals surface area contributed by atoms with E-state index in [1.807, 2.05) is 25.1 Å². The summed E-state index contributed by atoms with van der Waals surface area (Å²) < 4.78 is 10.5. The molecule has 2 heterocycles. The number of fused-ring (bicyclic) bond motifs is 1. The van der Waals surface area contributed by atoms with E-state index in [9.17, 15) is 0 Å². The normalized spacial score (nSPS) is 10.9. The van der Waals surface area contributed by atoms with Crippen molar-refractivity contribution in [1.82, 2.24) is 10.1 Å². The van der Waals surface area contributed by atoms with Crippen molar-refractivity contribution in [3.8, 4) is 0 Å². The smallest absolute Gasteiger partial charge is 0.296 e. The van der Waals surface area contributed by atoms with Gasteiger partial charge in [0.15, 0.2) is 5.58 Å². The SMILES string of the molecule is Cc1cc(CNc2nc3c(N)cccc3o2)no1. The minimum Gasteiger partial charge on any atom is -0.423 e. The Kier molecular flexibility index (Phi) is 2.40. The molecule has 0 saturated carbocycles. The Bertz CT molecular complexity index is 686. The van der Waals surface area contributed by atoms with Crippen LogP contribution >= 0.6 is 0 Å². The second-order valence-electron chi connectivity index (χ2n) is 4.00. The first-order valence-electron chi connectivity index (χ1n) is 5.53. The van der Waals surface area contributed by atoms with Gasteiger partial charge in [-0.25, -0.2) is 0 Å². The van der Waals surface area contributed by atoms with Gasteiger partial charge in [0.05, 0.1) is 12.2 Å². The maximum Gasteiger partial charge on any atom is 0.296 e. The molecule has 3 aromatic rings. The van der Waals surface area contributed by atoms with E-state index in [0.29, 0.717) is 29.3 Å². The predicted molar refractivity (Wildman–Crippen MR) is 67.0 cm³/mol. The summed E-state index contributed by atoms with van der Waals surface area (Å²) in [6.07, 6.45) is 0. The maximum atomic E-state index is 5.80. The van der Waals surface area contributed by atoms with E-state index < -0.39 is 0 Å². The van der Waals surface area contributed by atoms with Crippen molar-refractivity contribution in [3.05, 3.63) is 35.7 Å². The van der Waals surface area contributed by atoms with Crippen molar-refractivity contribution in [1.29, 1.82) is 0 Å². The molecule has 0 aliphatic rings. The largest absolute Gasteiger partial charge is 0.423 e. The first-order chi connectivity index (χ1) is 8.72. The number of nitrogens with zero attached hydrogens (tertiary/aromatic N) is 2. The molecular formula is C12H12N4O2. The lowest BCUT2D eigenvalue weighted by molar-refractivity contribution is 0.391. The molecule has 0 spiro atoms. The van der Waals surface area contributed by atoms with Crippen LogP contribution < -0.4 is 11.1 Å². The Hall–Kier alpha value is -2.50. The highest BCUT2D eigenvalue weighted by atomic mass is 16.5. The second kappa shape index (κ2) is 4.06. The van der Waals surface area contributed by atoms with Gasteiger partial charge in [0.2, 0.25) is 0 Å². The number of nitrogens with one attached hydrogen (secondary N) is 1. The third-order valence-electron chi connectivity index (χ3n) is 2.55. The van der Waals surface area contributed by atoms with Crippen molar-refractivity contribution >= 4 is 22.8 Å². The van der Waals surface area contributed by atoms with Gasteiger partial charge in [-0.2, -0.15) is 4.98 Å². The summed E-state index contributed by atoms with van der Waals surface area (Å²) in [6.45, 7) is 2.33. The number of benzene rings is 1. The van der Waals surface area contributed by atoms with E-state index in [2.05, 4.69) is 15.5 Å². The number of nitrogen functional groups attached to an aromatic ring is 1. The highest BCUT2D eigenvalue weighted by Crippen LogP contribution is 2.23. The van der Waals surface area contributed by atoms with E-state index in [1.165, 1.54) is 0 Å². The fourth-order valence-electron chi connectivity index (χ4n) is 1.71. The van der Waals surface area contributed by atoms with Crippen LogP contribution in [0.25, 0.3) is 11.1 Å². The van der Waals surface area contributed by atoms with Crippen LogP contribution in [0.2, 0.25) is 0 Å². The molecule has 6 nitrogen and oxygen atoms in total. The first-order valence-corrected chi connectivity index (χ1v) is 5.53. The molecule has 0 unspecified atom stereocenters. The number of aromatic nitrogens is 2. The van der Waals surface area contributed by atoms with Gasteiger partial charge in [-0.1, -0.05) is 11.2 Å². The minimum atomic E-state index is 0.420. The zero-order valence-electron chi connectivity index (χ0n) is 9.80. The zero-order valence-corrected chi connectivity index (χ0v) is 9.80. The number of nitrogens with two attached hydrogens (primary N) is 1. The number of rotatable bonds is 3. The average molecular weight is 244 g/mol. The molecule has 0 aliphatic carbocycles. The van der Waals surface area contributed by atoms with Crippen LogP contribution in [0.15, 0.2) is 33.2 Å². The van der Waals surface area contributed by atoms with Crippen molar-refractivity contribution in [3.63, 3.8) is 0 Å². The van der Waals surface area contributed by atoms with E-state index in [1.54, 1.807) is 6.07 Å². The van der Waals surface area contributed by atoms with Gasteiger partial charge in [0.25, 0.3) is 6.01 Å². The highest BCUT2D eigenvalue weighted by molar-refractivity contribution is 5.86. The molecular weight excluding hydrogens is 232 g/mol. The fraction of sp³-hybridized carbons (Fsp3) is 0.167. The summed E-state index contributed by atoms with van der Waals surface area (Å²) in [5, 5.41) is 6.91. The monoisotopic (exact) mass is 244 g/mol. The Morgan fingerprint density at radius 3 is 3.00 bits per heavy atom. The zero-order chi connectivity index (χ0) is 12.5. The lowest BCUT2D eigenvalue weighted by atomic mass is 10.3. The molecule has 0 fully saturated rings. The van der Waals surface area contributed by atoms with Crippen LogP contribution in [0.5, 0.6) is 0 Å². The van der Waals surface area contributed by atoms with Crippen LogP contribution in [-0.4, -0.2) is 10.1 Å². The summed E-state index contributed by atoms with van der Waals surface area (Å²) in [5.74, 6) is 0.772. The number of aryl methyl sites for hydroxylation is 1. The van der Waals surface area contributed by atoms with Crippen LogP contribution in [0.3, 0.4) is 0 Å². The van der Waals surface area contributed by atoms with Gasteiger partial charge < -0.3 is 20.0 Å². The standard InChI is InChI=1S/C12H12N4O2/c1-7-5-8(16-18-7)6-14-12-15-11-9(13)3-2-4-10(11)17-12/h2-5H,6,13H2,1H3,(H,14,15). The fourth-order valence-corrected chi connectivity index (χ4v) is 1.71. The Balaban J connectivity index is 1.81. The minimum absolute atomic E-state index is 0.420. The molecule has 0 atom stereocenters. The molecule has 1 aromatic carbocycles. The van der Waals surface area contributed by atoms with Gasteiger partial charge >= 0.3 is 0 Å². The van der Waals surface area contributed by atoms with E-state index in [0.717, 1.165) is 11.5 Å². The molecule has 6 heteroatoms. The molecule has 3 N–H and O–H groups in total. The number of hydrogen-bond acceptors (Lipinski definition) is 6. The molecule has 0 amide bonds. The van der Waals surface area contributed by atoms with Gasteiger partial charge in [0, 0.05) is 6.07 Å². The Morgan fingerprint density at radius 2 is 2.28 bits per heavy atom. The van der Waals surface area contributed by atoms with Crippen molar-refractivity contribution in [2.75, 3.05) is 11.1 Å². The van der Waals surface area contributed by atoms with Gasteiger partial charge in [-0.3, -0.25) is 0 Å². The average Bonchev–Trinajstić information content (AvgIpc) is 2.93. The number of oxazole rings is 1. The quantitative estimate of drug-likeness (QED) is 0.687. The van der Waals surface area contributed by atoms with E-state index in [4.69, 9.17) is 14.7 Å². The molecule has 18 heavy (non-hydrogen) atoms. The summed E-state index contributed by atoms with van der Waals surface area (Å²) in [7, 11) is 0. The summed E-state index contributed by atoms with van der Waals surface area (Å²) in [6, 6.07) is 7.71. The molecule has 0 saturated heterocycles. The molecule has 0 bridgehead atoms. The van der Waals surface area contributed by atoms with Crippen LogP contribution in [0.1, 0.15) is 11.5 Å². The van der Waals surface area contributed by atoms with E-state index in [-0.39, 0.29) is 0 Å². The van der Waals surface area contributed by atoms with E-state index >= 15 is 0 Å². The van der Waals surface area contributed by atoms with Gasteiger partial charge in [-0.05, 0) is 19.1 Å². The molecule has 3 rings (SSSR count). The van der Waals surface area contributed by atoms with Crippen LogP contribution in [-0.2, 0) is 6.54 Å². The summed E-state index contributed by atoms with van der Waals surface area (Å²) >= 11 is 0. The number of anilines is 2. The van der Waals surface area contributed by atoms with Crippen molar-refractivity contribution < 1.29 is 8.94 Å². The summed E-state index contributed by atoms with van der Waals surface area (Å²) in [5.41, 5.74) is 8.52. The number of para-hydroxylation sites is 1. The van der Waals surface area contributed by atoms with Crippen LogP contribution in [0.4, 0.5) is 11.7 Å². The second-order valence-corrected chi connectivity index (χ2v) is 4.00. The van der Waals surface area contributed by atoms with Crippen molar-refractivity contribution in [2.45, 2.75) is 13.5 Å². The topological polar surface area (TPSA) is 90.1 Å². The van der Waals surface area contributed by atoms with Gasteiger partial charge in [0.1, 0.15) is 17.0 Å². The van der Waals surface area contributed by atoms with Crippen LogP contribution in [0, 0.1) is 6.92 Å². The van der Waals surface area contributed by atoms with Gasteiger partial charge in [-0.15, -0.1) is 0 Å². The molecule has 0 aliphatic heterocycles. The maximum absolute atomic E-state index is 5.80. The Labute approximate surface area is 103 Å². The lowest BCUT2D eigenvalue weighted by Crippen LogP contribution is -1.99. The lowest BCUT2D eigenvalue weighted by Gasteiger charge is -1.95. The molecule has 92 valence electrons.